The number of nitrogens with zero attached hydrogens (tertiary/aromatic N) is 3. The van der Waals surface area contributed by atoms with E-state index < -0.39 is 12.0 Å². The Labute approximate surface area is 114 Å². The van der Waals surface area contributed by atoms with Crippen molar-refractivity contribution in [2.24, 2.45) is 7.05 Å². The lowest BCUT2D eigenvalue weighted by molar-refractivity contribution is 0.0697. The molecule has 0 aliphatic rings. The van der Waals surface area contributed by atoms with Crippen LogP contribution >= 0.6 is 0 Å². The number of nitrogens with one attached hydrogen (secondary N) is 2. The average Bonchev–Trinajstić information content (AvgIpc) is 2.82. The molecule has 8 heteroatoms. The summed E-state index contributed by atoms with van der Waals surface area (Å²) in [6.45, 7) is 0.246. The van der Waals surface area contributed by atoms with Crippen LogP contribution in [0.3, 0.4) is 0 Å². The highest BCUT2D eigenvalue weighted by Gasteiger charge is 2.06. The number of carbonyl (C=O) groups is 2. The Balaban J connectivity index is 1.88. The van der Waals surface area contributed by atoms with Crippen molar-refractivity contribution in [3.8, 4) is 0 Å². The number of rotatable bonds is 4. The molecular weight excluding hydrogens is 262 g/mol. The summed E-state index contributed by atoms with van der Waals surface area (Å²) in [6.07, 6.45) is 1.54. The molecule has 0 radical (unpaired) electrons. The molecule has 3 N–H and O–H groups in total. The van der Waals surface area contributed by atoms with Crippen LogP contribution in [0.4, 0.5) is 10.5 Å². The van der Waals surface area contributed by atoms with Crippen molar-refractivity contribution in [1.82, 2.24) is 20.1 Å². The fourth-order valence-electron chi connectivity index (χ4n) is 1.50. The second-order valence-electron chi connectivity index (χ2n) is 4.05. The first-order valence-corrected chi connectivity index (χ1v) is 5.77. The number of hydrogen-bond donors (Lipinski definition) is 3. The van der Waals surface area contributed by atoms with E-state index in [9.17, 15) is 9.59 Å². The number of carbonyl (C=O) groups excluding carboxylic acids is 1. The monoisotopic (exact) mass is 275 g/mol. The van der Waals surface area contributed by atoms with Crippen molar-refractivity contribution >= 4 is 17.7 Å². The summed E-state index contributed by atoms with van der Waals surface area (Å²) in [4.78, 5) is 22.3. The third-order valence-electron chi connectivity index (χ3n) is 2.60. The number of carboxylic acid groups (broad SMARTS) is 1. The van der Waals surface area contributed by atoms with Crippen molar-refractivity contribution in [3.05, 3.63) is 42.0 Å². The average molecular weight is 275 g/mol. The summed E-state index contributed by atoms with van der Waals surface area (Å²) < 4.78 is 1.70. The zero-order valence-corrected chi connectivity index (χ0v) is 10.7. The summed E-state index contributed by atoms with van der Waals surface area (Å²) in [6, 6.07) is 5.47. The molecule has 0 fully saturated rings. The van der Waals surface area contributed by atoms with Crippen LogP contribution in [0.5, 0.6) is 0 Å². The highest BCUT2D eigenvalue weighted by atomic mass is 16.4. The van der Waals surface area contributed by atoms with Gasteiger partial charge in [-0.05, 0) is 24.3 Å². The van der Waals surface area contributed by atoms with E-state index in [2.05, 4.69) is 20.8 Å². The van der Waals surface area contributed by atoms with E-state index in [1.165, 1.54) is 24.3 Å². The first kappa shape index (κ1) is 13.5. The molecule has 0 bridgehead atoms. The molecule has 0 saturated heterocycles. The first-order chi connectivity index (χ1) is 9.56. The molecule has 0 unspecified atom stereocenters. The van der Waals surface area contributed by atoms with Gasteiger partial charge in [-0.2, -0.15) is 0 Å². The Morgan fingerprint density at radius 1 is 1.30 bits per heavy atom. The van der Waals surface area contributed by atoms with Gasteiger partial charge in [-0.25, -0.2) is 9.59 Å². The minimum atomic E-state index is -1.01. The van der Waals surface area contributed by atoms with Crippen LogP contribution in [0.15, 0.2) is 30.6 Å². The van der Waals surface area contributed by atoms with Crippen LogP contribution in [-0.2, 0) is 13.6 Å². The van der Waals surface area contributed by atoms with Gasteiger partial charge < -0.3 is 20.3 Å². The molecule has 8 nitrogen and oxygen atoms in total. The van der Waals surface area contributed by atoms with E-state index in [0.29, 0.717) is 11.5 Å². The highest BCUT2D eigenvalue weighted by molar-refractivity contribution is 5.91. The van der Waals surface area contributed by atoms with E-state index in [0.717, 1.165) is 0 Å². The standard InChI is InChI=1S/C12H13N5O3/c1-17-7-14-16-10(17)6-13-12(20)15-9-4-2-8(3-5-9)11(18)19/h2-5,7H,6H2,1H3,(H,18,19)(H2,13,15,20). The predicted molar refractivity (Wildman–Crippen MR) is 70.3 cm³/mol. The lowest BCUT2D eigenvalue weighted by Crippen LogP contribution is -2.29. The van der Waals surface area contributed by atoms with Crippen LogP contribution in [0.1, 0.15) is 16.2 Å². The molecule has 1 heterocycles. The van der Waals surface area contributed by atoms with Crippen LogP contribution in [0.25, 0.3) is 0 Å². The molecule has 0 aliphatic heterocycles. The first-order valence-electron chi connectivity index (χ1n) is 5.77. The molecule has 20 heavy (non-hydrogen) atoms. The zero-order chi connectivity index (χ0) is 14.5. The maximum Gasteiger partial charge on any atom is 0.335 e. The number of hydrogen-bond acceptors (Lipinski definition) is 4. The molecule has 1 aromatic heterocycles. The Hall–Kier alpha value is -2.90. The molecule has 2 amide bonds. The fourth-order valence-corrected chi connectivity index (χ4v) is 1.50. The van der Waals surface area contributed by atoms with Crippen molar-refractivity contribution < 1.29 is 14.7 Å². The highest BCUT2D eigenvalue weighted by Crippen LogP contribution is 2.09. The number of aromatic carboxylic acids is 1. The van der Waals surface area contributed by atoms with Crippen LogP contribution in [0, 0.1) is 0 Å². The zero-order valence-electron chi connectivity index (χ0n) is 10.7. The van der Waals surface area contributed by atoms with Gasteiger partial charge in [-0.1, -0.05) is 0 Å². The Kier molecular flexibility index (Phi) is 3.94. The smallest absolute Gasteiger partial charge is 0.335 e. The fraction of sp³-hybridized carbons (Fsp3) is 0.167. The minimum Gasteiger partial charge on any atom is -0.478 e. The van der Waals surface area contributed by atoms with Gasteiger partial charge in [0.1, 0.15) is 6.33 Å². The molecule has 2 aromatic rings. The third kappa shape index (κ3) is 3.31. The van der Waals surface area contributed by atoms with E-state index in [4.69, 9.17) is 5.11 Å². The van der Waals surface area contributed by atoms with Gasteiger partial charge >= 0.3 is 12.0 Å². The Bertz CT molecular complexity index is 620. The topological polar surface area (TPSA) is 109 Å². The van der Waals surface area contributed by atoms with E-state index >= 15 is 0 Å². The minimum absolute atomic E-state index is 0.162. The van der Waals surface area contributed by atoms with Gasteiger partial charge in [0.15, 0.2) is 5.82 Å². The second kappa shape index (κ2) is 5.83. The Morgan fingerprint density at radius 2 is 2.00 bits per heavy atom. The number of carboxylic acids is 1. The SMILES string of the molecule is Cn1cnnc1CNC(=O)Nc1ccc(C(=O)O)cc1. The number of aromatic nitrogens is 3. The number of aryl methyl sites for hydroxylation is 1. The number of urea groups is 1. The quantitative estimate of drug-likeness (QED) is 0.765. The molecule has 1 aromatic carbocycles. The summed E-state index contributed by atoms with van der Waals surface area (Å²) in [5.74, 6) is -0.385. The number of benzene rings is 1. The second-order valence-corrected chi connectivity index (χ2v) is 4.05. The van der Waals surface area contributed by atoms with Gasteiger partial charge in [0, 0.05) is 12.7 Å². The molecular formula is C12H13N5O3. The summed E-state index contributed by atoms with van der Waals surface area (Å²) in [5, 5.41) is 21.5. The molecule has 0 saturated carbocycles. The van der Waals surface area contributed by atoms with Crippen LogP contribution in [0.2, 0.25) is 0 Å². The van der Waals surface area contributed by atoms with Gasteiger partial charge in [0.2, 0.25) is 0 Å². The molecule has 104 valence electrons. The van der Waals surface area contributed by atoms with Gasteiger partial charge in [0.05, 0.1) is 12.1 Å². The van der Waals surface area contributed by atoms with Crippen molar-refractivity contribution in [2.45, 2.75) is 6.54 Å². The molecule has 0 spiro atoms. The predicted octanol–water partition coefficient (Wildman–Crippen LogP) is 0.835. The van der Waals surface area contributed by atoms with E-state index in [-0.39, 0.29) is 12.1 Å². The summed E-state index contributed by atoms with van der Waals surface area (Å²) in [7, 11) is 1.78. The van der Waals surface area contributed by atoms with Crippen molar-refractivity contribution in [2.75, 3.05) is 5.32 Å². The maximum absolute atomic E-state index is 11.6. The largest absolute Gasteiger partial charge is 0.478 e. The molecule has 2 rings (SSSR count). The maximum atomic E-state index is 11.6. The Morgan fingerprint density at radius 3 is 2.55 bits per heavy atom. The van der Waals surface area contributed by atoms with E-state index in [1.807, 2.05) is 0 Å². The van der Waals surface area contributed by atoms with Crippen LogP contribution < -0.4 is 10.6 Å². The van der Waals surface area contributed by atoms with Gasteiger partial charge in [0.25, 0.3) is 0 Å². The summed E-state index contributed by atoms with van der Waals surface area (Å²) >= 11 is 0. The van der Waals surface area contributed by atoms with Crippen molar-refractivity contribution in [1.29, 1.82) is 0 Å². The lowest BCUT2D eigenvalue weighted by atomic mass is 10.2. The molecule has 0 aliphatic carbocycles. The molecule has 0 atom stereocenters. The lowest BCUT2D eigenvalue weighted by Gasteiger charge is -2.07. The van der Waals surface area contributed by atoms with Gasteiger partial charge in [-0.3, -0.25) is 0 Å². The van der Waals surface area contributed by atoms with E-state index in [1.54, 1.807) is 17.9 Å². The van der Waals surface area contributed by atoms with Crippen LogP contribution in [-0.4, -0.2) is 31.9 Å². The number of amides is 2. The number of anilines is 1. The normalized spacial score (nSPS) is 10.1. The third-order valence-corrected chi connectivity index (χ3v) is 2.60. The van der Waals surface area contributed by atoms with Crippen molar-refractivity contribution in [3.63, 3.8) is 0 Å². The summed E-state index contributed by atoms with van der Waals surface area (Å²) in [5.41, 5.74) is 0.667. The van der Waals surface area contributed by atoms with Gasteiger partial charge in [-0.15, -0.1) is 10.2 Å².